The Kier molecular flexibility index (Phi) is 4.88. The summed E-state index contributed by atoms with van der Waals surface area (Å²) >= 11 is 12.1. The number of amides is 1. The number of hydrogen-bond acceptors (Lipinski definition) is 6. The number of nitrogens with zero attached hydrogens (tertiary/aromatic N) is 2. The van der Waals surface area contributed by atoms with Crippen molar-refractivity contribution in [2.75, 3.05) is 5.32 Å². The molecule has 1 heterocycles. The number of nitro groups is 1. The maximum Gasteiger partial charge on any atom is 0.270 e. The van der Waals surface area contributed by atoms with E-state index < -0.39 is 4.92 Å². The standard InChI is InChI=1S/C15H9ClN4O3S2/c16-9-3-1-8(2-4-9)13(21)18-14(24)19-15-17-11-6-5-10(20(22)23)7-12(11)25-15/h1-7H,(H2,17,18,19,21,24). The third kappa shape index (κ3) is 4.08. The topological polar surface area (TPSA) is 97.2 Å². The Labute approximate surface area is 155 Å². The van der Waals surface area contributed by atoms with Crippen molar-refractivity contribution < 1.29 is 9.72 Å². The quantitative estimate of drug-likeness (QED) is 0.397. The molecule has 7 nitrogen and oxygen atoms in total. The van der Waals surface area contributed by atoms with Crippen molar-refractivity contribution in [3.05, 3.63) is 63.2 Å². The van der Waals surface area contributed by atoms with Crippen molar-refractivity contribution in [2.45, 2.75) is 0 Å². The van der Waals surface area contributed by atoms with Gasteiger partial charge in [0.05, 0.1) is 15.1 Å². The largest absolute Gasteiger partial charge is 0.308 e. The number of aromatic nitrogens is 1. The number of nitro benzene ring substituents is 1. The van der Waals surface area contributed by atoms with Crippen LogP contribution in [-0.2, 0) is 0 Å². The van der Waals surface area contributed by atoms with Crippen LogP contribution in [0.1, 0.15) is 10.4 Å². The SMILES string of the molecule is O=C(NC(=S)Nc1nc2ccc([N+](=O)[O-])cc2s1)c1ccc(Cl)cc1. The molecule has 0 bridgehead atoms. The lowest BCUT2D eigenvalue weighted by Gasteiger charge is -2.07. The molecule has 3 rings (SSSR count). The highest BCUT2D eigenvalue weighted by Crippen LogP contribution is 2.29. The number of thiazole rings is 1. The van der Waals surface area contributed by atoms with E-state index in [9.17, 15) is 14.9 Å². The average Bonchev–Trinajstić information content (AvgIpc) is 2.96. The number of hydrogen-bond donors (Lipinski definition) is 2. The van der Waals surface area contributed by atoms with Gasteiger partial charge in [-0.2, -0.15) is 0 Å². The molecular weight excluding hydrogens is 384 g/mol. The van der Waals surface area contributed by atoms with Crippen molar-refractivity contribution in [1.29, 1.82) is 0 Å². The summed E-state index contributed by atoms with van der Waals surface area (Å²) in [5, 5.41) is 17.2. The van der Waals surface area contributed by atoms with Crippen molar-refractivity contribution in [3.63, 3.8) is 0 Å². The molecule has 1 aromatic heterocycles. The Morgan fingerprint density at radius 2 is 1.96 bits per heavy atom. The zero-order valence-corrected chi connectivity index (χ0v) is 14.7. The van der Waals surface area contributed by atoms with Crippen LogP contribution in [0, 0.1) is 10.1 Å². The number of benzene rings is 2. The summed E-state index contributed by atoms with van der Waals surface area (Å²) in [5.74, 6) is -0.383. The van der Waals surface area contributed by atoms with Gasteiger partial charge < -0.3 is 5.32 Å². The summed E-state index contributed by atoms with van der Waals surface area (Å²) in [6.45, 7) is 0. The van der Waals surface area contributed by atoms with Gasteiger partial charge in [-0.1, -0.05) is 22.9 Å². The van der Waals surface area contributed by atoms with Crippen molar-refractivity contribution in [3.8, 4) is 0 Å². The van der Waals surface area contributed by atoms with E-state index in [-0.39, 0.29) is 16.7 Å². The molecule has 0 fully saturated rings. The predicted octanol–water partition coefficient (Wildman–Crippen LogP) is 3.98. The van der Waals surface area contributed by atoms with E-state index in [4.69, 9.17) is 23.8 Å². The maximum atomic E-state index is 12.1. The van der Waals surface area contributed by atoms with E-state index in [0.717, 1.165) is 0 Å². The van der Waals surface area contributed by atoms with E-state index >= 15 is 0 Å². The summed E-state index contributed by atoms with van der Waals surface area (Å²) in [7, 11) is 0. The highest BCUT2D eigenvalue weighted by Gasteiger charge is 2.12. The minimum absolute atomic E-state index is 0.0127. The van der Waals surface area contributed by atoms with Gasteiger partial charge in [-0.05, 0) is 42.5 Å². The normalized spacial score (nSPS) is 10.4. The first-order valence-electron chi connectivity index (χ1n) is 6.85. The fraction of sp³-hybridized carbons (Fsp3) is 0. The van der Waals surface area contributed by atoms with Crippen LogP contribution in [0.15, 0.2) is 42.5 Å². The molecule has 3 aromatic rings. The van der Waals surface area contributed by atoms with Gasteiger partial charge >= 0.3 is 0 Å². The molecule has 0 radical (unpaired) electrons. The van der Waals surface area contributed by atoms with Crippen LogP contribution in [-0.4, -0.2) is 20.9 Å². The zero-order valence-electron chi connectivity index (χ0n) is 12.4. The fourth-order valence-corrected chi connectivity index (χ4v) is 3.27. The molecule has 2 N–H and O–H groups in total. The molecule has 0 unspecified atom stereocenters. The van der Waals surface area contributed by atoms with Gasteiger partial charge in [-0.25, -0.2) is 4.98 Å². The number of carbonyl (C=O) groups excluding carboxylic acids is 1. The second kappa shape index (κ2) is 7.09. The number of thiocarbonyl (C=S) groups is 1. The molecule has 25 heavy (non-hydrogen) atoms. The van der Waals surface area contributed by atoms with Crippen LogP contribution in [0.4, 0.5) is 10.8 Å². The molecule has 0 aliphatic carbocycles. The third-order valence-corrected chi connectivity index (χ3v) is 4.53. The number of halogens is 1. The Morgan fingerprint density at radius 3 is 2.64 bits per heavy atom. The number of carbonyl (C=O) groups is 1. The predicted molar refractivity (Wildman–Crippen MR) is 101 cm³/mol. The van der Waals surface area contributed by atoms with Crippen LogP contribution in [0.5, 0.6) is 0 Å². The summed E-state index contributed by atoms with van der Waals surface area (Å²) in [4.78, 5) is 26.7. The van der Waals surface area contributed by atoms with Gasteiger partial charge in [-0.3, -0.25) is 20.2 Å². The lowest BCUT2D eigenvalue weighted by Crippen LogP contribution is -2.34. The summed E-state index contributed by atoms with van der Waals surface area (Å²) < 4.78 is 0.642. The lowest BCUT2D eigenvalue weighted by atomic mass is 10.2. The van der Waals surface area contributed by atoms with E-state index in [0.29, 0.717) is 25.9 Å². The van der Waals surface area contributed by atoms with Crippen molar-refractivity contribution >= 4 is 67.2 Å². The Morgan fingerprint density at radius 1 is 1.24 bits per heavy atom. The summed E-state index contributed by atoms with van der Waals surface area (Å²) in [5.41, 5.74) is 1.000. The van der Waals surface area contributed by atoms with Gasteiger partial charge in [0.1, 0.15) is 0 Å². The van der Waals surface area contributed by atoms with Crippen molar-refractivity contribution in [1.82, 2.24) is 10.3 Å². The van der Waals surface area contributed by atoms with Gasteiger partial charge in [0.15, 0.2) is 10.2 Å². The first-order chi connectivity index (χ1) is 11.9. The molecule has 0 aliphatic rings. The summed E-state index contributed by atoms with van der Waals surface area (Å²) in [6, 6.07) is 10.7. The summed E-state index contributed by atoms with van der Waals surface area (Å²) in [6.07, 6.45) is 0. The molecule has 126 valence electrons. The van der Waals surface area contributed by atoms with Crippen molar-refractivity contribution in [2.24, 2.45) is 0 Å². The average molecular weight is 393 g/mol. The highest BCUT2D eigenvalue weighted by molar-refractivity contribution is 7.80. The molecular formula is C15H9ClN4O3S2. The van der Waals surface area contributed by atoms with Crippen LogP contribution >= 0.6 is 35.2 Å². The molecule has 0 saturated heterocycles. The van der Waals surface area contributed by atoms with Gasteiger partial charge in [0.2, 0.25) is 0 Å². The molecule has 0 aliphatic heterocycles. The smallest absolute Gasteiger partial charge is 0.270 e. The molecule has 0 saturated carbocycles. The zero-order chi connectivity index (χ0) is 18.0. The second-order valence-corrected chi connectivity index (χ2v) is 6.72. The van der Waals surface area contributed by atoms with Gasteiger partial charge in [0, 0.05) is 22.7 Å². The first kappa shape index (κ1) is 17.2. The molecule has 2 aromatic carbocycles. The van der Waals surface area contributed by atoms with Crippen LogP contribution in [0.2, 0.25) is 5.02 Å². The van der Waals surface area contributed by atoms with E-state index in [1.165, 1.54) is 23.5 Å². The molecule has 1 amide bonds. The lowest BCUT2D eigenvalue weighted by molar-refractivity contribution is -0.384. The number of rotatable bonds is 3. The van der Waals surface area contributed by atoms with E-state index in [1.807, 2.05) is 0 Å². The Balaban J connectivity index is 1.70. The molecule has 0 atom stereocenters. The van der Waals surface area contributed by atoms with E-state index in [2.05, 4.69) is 15.6 Å². The minimum Gasteiger partial charge on any atom is -0.308 e. The van der Waals surface area contributed by atoms with Crippen LogP contribution in [0.25, 0.3) is 10.2 Å². The number of anilines is 1. The monoisotopic (exact) mass is 392 g/mol. The van der Waals surface area contributed by atoms with Gasteiger partial charge in [0.25, 0.3) is 11.6 Å². The van der Waals surface area contributed by atoms with Gasteiger partial charge in [-0.15, -0.1) is 0 Å². The highest BCUT2D eigenvalue weighted by atomic mass is 35.5. The van der Waals surface area contributed by atoms with Crippen LogP contribution < -0.4 is 10.6 Å². The molecule has 0 spiro atoms. The number of non-ortho nitro benzene ring substituents is 1. The second-order valence-electron chi connectivity index (χ2n) is 4.84. The number of fused-ring (bicyclic) bond motifs is 1. The first-order valence-corrected chi connectivity index (χ1v) is 8.45. The van der Waals surface area contributed by atoms with E-state index in [1.54, 1.807) is 30.3 Å². The Hall–Kier alpha value is -2.62. The number of nitrogens with one attached hydrogen (secondary N) is 2. The van der Waals surface area contributed by atoms with Crippen LogP contribution in [0.3, 0.4) is 0 Å². The molecule has 10 heteroatoms. The minimum atomic E-state index is -0.469. The Bertz CT molecular complexity index is 988. The third-order valence-electron chi connectivity index (χ3n) is 3.14. The fourth-order valence-electron chi connectivity index (χ4n) is 1.99. The maximum absolute atomic E-state index is 12.1.